The number of sulfonamides is 1. The summed E-state index contributed by atoms with van der Waals surface area (Å²) in [6.45, 7) is 1.29. The Bertz CT molecular complexity index is 809. The number of benzene rings is 2. The normalized spacial score (nSPS) is 18.5. The molecule has 1 aliphatic heterocycles. The quantitative estimate of drug-likeness (QED) is 0.831. The molecule has 2 aromatic rings. The van der Waals surface area contributed by atoms with Crippen LogP contribution in [0.15, 0.2) is 53.4 Å². The number of halogens is 1. The first-order valence-corrected chi connectivity index (χ1v) is 9.31. The summed E-state index contributed by atoms with van der Waals surface area (Å²) in [6.07, 6.45) is 1.59. The van der Waals surface area contributed by atoms with Gasteiger partial charge in [-0.05, 0) is 55.3 Å². The SMILES string of the molecule is Nc1ccc(S(=O)(=O)NC2CCCN(c3cccc(F)c3)C2)cc1. The molecule has 0 bridgehead atoms. The number of hydrogen-bond acceptors (Lipinski definition) is 4. The predicted molar refractivity (Wildman–Crippen MR) is 92.8 cm³/mol. The van der Waals surface area contributed by atoms with Crippen molar-refractivity contribution in [2.75, 3.05) is 23.7 Å². The van der Waals surface area contributed by atoms with Gasteiger partial charge in [0.05, 0.1) is 4.90 Å². The van der Waals surface area contributed by atoms with Crippen LogP contribution >= 0.6 is 0 Å². The van der Waals surface area contributed by atoms with Crippen molar-refractivity contribution in [3.05, 3.63) is 54.3 Å². The summed E-state index contributed by atoms with van der Waals surface area (Å²) in [5, 5.41) is 0. The van der Waals surface area contributed by atoms with E-state index >= 15 is 0 Å². The zero-order valence-electron chi connectivity index (χ0n) is 13.2. The van der Waals surface area contributed by atoms with Gasteiger partial charge in [-0.15, -0.1) is 0 Å². The molecule has 1 aliphatic rings. The summed E-state index contributed by atoms with van der Waals surface area (Å²) in [6, 6.07) is 12.3. The summed E-state index contributed by atoms with van der Waals surface area (Å²) < 4.78 is 41.1. The van der Waals surface area contributed by atoms with E-state index in [9.17, 15) is 12.8 Å². The average molecular weight is 349 g/mol. The topological polar surface area (TPSA) is 75.4 Å². The van der Waals surface area contributed by atoms with E-state index in [1.165, 1.54) is 24.3 Å². The van der Waals surface area contributed by atoms with Gasteiger partial charge in [0, 0.05) is 30.5 Å². The smallest absolute Gasteiger partial charge is 0.240 e. The van der Waals surface area contributed by atoms with Crippen LogP contribution in [0, 0.1) is 5.82 Å². The molecule has 1 fully saturated rings. The van der Waals surface area contributed by atoms with Crippen LogP contribution in [0.5, 0.6) is 0 Å². The Morgan fingerprint density at radius 2 is 1.92 bits per heavy atom. The minimum atomic E-state index is -3.60. The minimum Gasteiger partial charge on any atom is -0.399 e. The summed E-state index contributed by atoms with van der Waals surface area (Å²) in [7, 11) is -3.60. The van der Waals surface area contributed by atoms with Gasteiger partial charge in [0.1, 0.15) is 5.82 Å². The second-order valence-corrected chi connectivity index (χ2v) is 7.67. The van der Waals surface area contributed by atoms with E-state index in [0.717, 1.165) is 25.1 Å². The van der Waals surface area contributed by atoms with Gasteiger partial charge in [0.2, 0.25) is 10.0 Å². The number of hydrogen-bond donors (Lipinski definition) is 2. The average Bonchev–Trinajstić information content (AvgIpc) is 2.55. The van der Waals surface area contributed by atoms with Crippen LogP contribution in [-0.2, 0) is 10.0 Å². The molecule has 1 saturated heterocycles. The Balaban J connectivity index is 1.72. The van der Waals surface area contributed by atoms with Gasteiger partial charge in [0.15, 0.2) is 0 Å². The van der Waals surface area contributed by atoms with Crippen LogP contribution in [0.3, 0.4) is 0 Å². The highest BCUT2D eigenvalue weighted by molar-refractivity contribution is 7.89. The number of rotatable bonds is 4. The molecule has 0 aromatic heterocycles. The van der Waals surface area contributed by atoms with Gasteiger partial charge in [-0.3, -0.25) is 0 Å². The van der Waals surface area contributed by atoms with Gasteiger partial charge in [-0.25, -0.2) is 17.5 Å². The van der Waals surface area contributed by atoms with Gasteiger partial charge in [-0.2, -0.15) is 0 Å². The lowest BCUT2D eigenvalue weighted by Crippen LogP contribution is -2.47. The van der Waals surface area contributed by atoms with Crippen molar-refractivity contribution in [3.63, 3.8) is 0 Å². The number of nitrogens with one attached hydrogen (secondary N) is 1. The van der Waals surface area contributed by atoms with E-state index in [0.29, 0.717) is 12.2 Å². The van der Waals surface area contributed by atoms with Crippen molar-refractivity contribution in [1.29, 1.82) is 0 Å². The Morgan fingerprint density at radius 1 is 1.17 bits per heavy atom. The highest BCUT2D eigenvalue weighted by Gasteiger charge is 2.25. The van der Waals surface area contributed by atoms with E-state index in [4.69, 9.17) is 5.73 Å². The molecule has 7 heteroatoms. The molecule has 2 aromatic carbocycles. The number of nitrogens with two attached hydrogens (primary N) is 1. The van der Waals surface area contributed by atoms with Crippen molar-refractivity contribution in [2.45, 2.75) is 23.8 Å². The van der Waals surface area contributed by atoms with Crippen molar-refractivity contribution in [2.24, 2.45) is 0 Å². The summed E-state index contributed by atoms with van der Waals surface area (Å²) in [5.74, 6) is -0.294. The van der Waals surface area contributed by atoms with Crippen molar-refractivity contribution in [3.8, 4) is 0 Å². The van der Waals surface area contributed by atoms with Crippen molar-refractivity contribution < 1.29 is 12.8 Å². The van der Waals surface area contributed by atoms with Crippen LogP contribution in [0.2, 0.25) is 0 Å². The zero-order valence-corrected chi connectivity index (χ0v) is 14.0. The first-order valence-electron chi connectivity index (χ1n) is 7.82. The Morgan fingerprint density at radius 3 is 2.62 bits per heavy atom. The maximum atomic E-state index is 13.4. The number of piperidine rings is 1. The molecule has 3 N–H and O–H groups in total. The lowest BCUT2D eigenvalue weighted by molar-refractivity contribution is 0.465. The molecule has 0 amide bonds. The fourth-order valence-corrected chi connectivity index (χ4v) is 4.18. The second-order valence-electron chi connectivity index (χ2n) is 5.96. The van der Waals surface area contributed by atoms with E-state index < -0.39 is 10.0 Å². The first kappa shape index (κ1) is 16.7. The van der Waals surface area contributed by atoms with Gasteiger partial charge in [-0.1, -0.05) is 6.07 Å². The van der Waals surface area contributed by atoms with Gasteiger partial charge < -0.3 is 10.6 Å². The second kappa shape index (κ2) is 6.78. The molecule has 0 spiro atoms. The molecule has 0 radical (unpaired) electrons. The highest BCUT2D eigenvalue weighted by Crippen LogP contribution is 2.22. The number of nitrogen functional groups attached to an aromatic ring is 1. The molecule has 3 rings (SSSR count). The van der Waals surface area contributed by atoms with Crippen molar-refractivity contribution in [1.82, 2.24) is 4.72 Å². The highest BCUT2D eigenvalue weighted by atomic mass is 32.2. The molecule has 1 unspecified atom stereocenters. The van der Waals surface area contributed by atoms with Gasteiger partial charge >= 0.3 is 0 Å². The standard InChI is InChI=1S/C17H20FN3O2S/c18-13-3-1-5-16(11-13)21-10-2-4-15(12-21)20-24(22,23)17-8-6-14(19)7-9-17/h1,3,5-9,11,15,20H,2,4,10,12,19H2. The molecular weight excluding hydrogens is 329 g/mol. The molecule has 1 heterocycles. The van der Waals surface area contributed by atoms with Crippen LogP contribution in [-0.4, -0.2) is 27.5 Å². The third kappa shape index (κ3) is 3.85. The van der Waals surface area contributed by atoms with Gasteiger partial charge in [0.25, 0.3) is 0 Å². The lowest BCUT2D eigenvalue weighted by atomic mass is 10.1. The fourth-order valence-electron chi connectivity index (χ4n) is 2.92. The molecule has 0 saturated carbocycles. The predicted octanol–water partition coefficient (Wildman–Crippen LogP) is 2.36. The van der Waals surface area contributed by atoms with E-state index in [-0.39, 0.29) is 16.8 Å². The minimum absolute atomic E-state index is 0.194. The third-order valence-corrected chi connectivity index (χ3v) is 5.64. The number of nitrogens with zero attached hydrogens (tertiary/aromatic N) is 1. The third-order valence-electron chi connectivity index (χ3n) is 4.11. The Labute approximate surface area is 141 Å². The Hall–Kier alpha value is -2.12. The molecule has 1 atom stereocenters. The van der Waals surface area contributed by atoms with E-state index in [1.54, 1.807) is 18.2 Å². The first-order chi connectivity index (χ1) is 11.4. The van der Waals surface area contributed by atoms with Crippen LogP contribution in [0.4, 0.5) is 15.8 Å². The molecular formula is C17H20FN3O2S. The largest absolute Gasteiger partial charge is 0.399 e. The number of anilines is 2. The molecule has 128 valence electrons. The maximum absolute atomic E-state index is 13.4. The monoisotopic (exact) mass is 349 g/mol. The van der Waals surface area contributed by atoms with Crippen LogP contribution < -0.4 is 15.4 Å². The maximum Gasteiger partial charge on any atom is 0.240 e. The van der Waals surface area contributed by atoms with Crippen LogP contribution in [0.1, 0.15) is 12.8 Å². The zero-order chi connectivity index (χ0) is 17.2. The summed E-state index contributed by atoms with van der Waals surface area (Å²) in [5.41, 5.74) is 6.88. The van der Waals surface area contributed by atoms with Crippen molar-refractivity contribution >= 4 is 21.4 Å². The summed E-state index contributed by atoms with van der Waals surface area (Å²) in [4.78, 5) is 2.20. The Kier molecular flexibility index (Phi) is 4.73. The lowest BCUT2D eigenvalue weighted by Gasteiger charge is -2.34. The van der Waals surface area contributed by atoms with E-state index in [2.05, 4.69) is 4.72 Å². The van der Waals surface area contributed by atoms with Crippen LogP contribution in [0.25, 0.3) is 0 Å². The fraction of sp³-hybridized carbons (Fsp3) is 0.294. The summed E-state index contributed by atoms with van der Waals surface area (Å²) >= 11 is 0. The van der Waals surface area contributed by atoms with E-state index in [1.807, 2.05) is 11.0 Å². The molecule has 0 aliphatic carbocycles. The molecule has 5 nitrogen and oxygen atoms in total. The molecule has 24 heavy (non-hydrogen) atoms.